The van der Waals surface area contributed by atoms with E-state index in [0.29, 0.717) is 44.9 Å². The highest BCUT2D eigenvalue weighted by Gasteiger charge is 2.74. The maximum Gasteiger partial charge on any atom is 0.344 e. The lowest BCUT2D eigenvalue weighted by molar-refractivity contribution is -0.177. The lowest BCUT2D eigenvalue weighted by Gasteiger charge is -2.32. The SMILES string of the molecule is CCC(C)(C)C(=O)OCC(=O)OC1C2CC3C(=O)OC1C3O2.CCC(C)(C)C(=O)OCC(=O)OC1C2CC3C1OC(=O)C3C2C(=O)OC.CCC(C)(C)C(=O)OCC(=O)OC1C2CC3C1OC(=O)C3C2C(=O)OC(C)(C)C.CCC(C)(C)C(=O)OCC(=O)OC1C2OC(=O)C3C2OC1C3C(=O)OC. The first-order chi connectivity index (χ1) is 48.1. The second-order valence-corrected chi connectivity index (χ2v) is 31.6. The van der Waals surface area contributed by atoms with E-state index in [2.05, 4.69) is 0 Å². The van der Waals surface area contributed by atoms with Crippen LogP contribution >= 0.6 is 0 Å². The number of methoxy groups -OCH3 is 2. The summed E-state index contributed by atoms with van der Waals surface area (Å²) in [5.41, 5.74) is -3.41. The van der Waals surface area contributed by atoms with Crippen LogP contribution in [0.1, 0.15) is 149 Å². The predicted molar refractivity (Wildman–Crippen MR) is 339 cm³/mol. The summed E-state index contributed by atoms with van der Waals surface area (Å²) in [4.78, 5) is 181. The zero-order valence-corrected chi connectivity index (χ0v) is 61.1. The molecule has 4 aliphatic carbocycles. The van der Waals surface area contributed by atoms with Crippen molar-refractivity contribution in [3.63, 3.8) is 0 Å². The number of esters is 15. The molecule has 103 heavy (non-hydrogen) atoms. The van der Waals surface area contributed by atoms with E-state index in [-0.39, 0.29) is 47.8 Å². The standard InChI is InChI=1S/C21H30O8.C18H24O8.C17H22O9.C15H20O7/c1-7-21(5,6)19(25)26-9-12(22)27-15-11-8-10-13(17(23)28-16(10)15)14(11)18(24)29-20(2,3)4;1-5-18(2,3)17(22)24-7-10(19)25-13-8-6-9-12(11(8)15(20)23-4)16(21)26-14(9)13;1-5-17(2,3)16(21)23-6-7(18)24-12-10-8(14(19)22-4)9-11(25-10)13(12)26-15(9)20;1-4-15(2,3)14(18)19-6-9(16)21-11-8-5-7-10(20-8)12(11)22-13(7)17/h10-11,13-16H,7-9H2,1-6H3;8-9,11-14H,5-7H2,1-4H3;8-13H,5-6H2,1-4H3;7-8,10-12H,4-6H2,1-3H3. The maximum absolute atomic E-state index is 12.7. The Balaban J connectivity index is 0.000000160. The summed E-state index contributed by atoms with van der Waals surface area (Å²) in [6.45, 7) is 24.5. The highest BCUT2D eigenvalue weighted by Crippen LogP contribution is 2.61. The summed E-state index contributed by atoms with van der Waals surface area (Å²) in [6.07, 6.45) is -3.46. The van der Waals surface area contributed by atoms with Crippen LogP contribution < -0.4 is 0 Å². The molecule has 572 valence electrons. The minimum atomic E-state index is -0.933. The monoisotopic (exact) mass is 1460 g/mol. The molecule has 23 atom stereocenters. The number of ether oxygens (including phenoxy) is 17. The van der Waals surface area contributed by atoms with Gasteiger partial charge in [0.15, 0.2) is 50.8 Å². The topological polar surface area (TPSA) is 413 Å². The quantitative estimate of drug-likeness (QED) is 0.104. The van der Waals surface area contributed by atoms with Crippen molar-refractivity contribution in [2.75, 3.05) is 40.6 Å². The van der Waals surface area contributed by atoms with E-state index in [4.69, 9.17) is 80.5 Å². The van der Waals surface area contributed by atoms with Gasteiger partial charge in [0.2, 0.25) is 0 Å². The van der Waals surface area contributed by atoms with Crippen molar-refractivity contribution < 1.29 is 152 Å². The van der Waals surface area contributed by atoms with Crippen LogP contribution in [0.25, 0.3) is 0 Å². The Hall–Kier alpha value is -8.03. The second kappa shape index (κ2) is 30.2. The Morgan fingerprint density at radius 2 is 0.699 bits per heavy atom. The lowest BCUT2D eigenvalue weighted by atomic mass is 9.78. The third-order valence-corrected chi connectivity index (χ3v) is 22.5. The number of rotatable bonds is 23. The smallest absolute Gasteiger partial charge is 0.344 e. The van der Waals surface area contributed by atoms with Gasteiger partial charge in [-0.1, -0.05) is 27.7 Å². The molecule has 8 heterocycles. The molecule has 0 N–H and O–H groups in total. The van der Waals surface area contributed by atoms with Crippen LogP contribution in [0.2, 0.25) is 0 Å². The van der Waals surface area contributed by atoms with Crippen molar-refractivity contribution in [2.45, 2.75) is 228 Å². The Morgan fingerprint density at radius 3 is 1.09 bits per heavy atom. The number of fused-ring (bicyclic) bond motifs is 4. The molecule has 32 heteroatoms. The van der Waals surface area contributed by atoms with Crippen LogP contribution in [-0.2, 0) is 152 Å². The highest BCUT2D eigenvalue weighted by atomic mass is 16.7. The molecule has 0 aromatic rings. The van der Waals surface area contributed by atoms with Gasteiger partial charge in [0, 0.05) is 23.7 Å². The van der Waals surface area contributed by atoms with E-state index in [1.54, 1.807) is 76.2 Å². The van der Waals surface area contributed by atoms with Gasteiger partial charge in [0.25, 0.3) is 0 Å². The molecule has 0 radical (unpaired) electrons. The first-order valence-electron chi connectivity index (χ1n) is 35.1. The van der Waals surface area contributed by atoms with Gasteiger partial charge in [-0.2, -0.15) is 0 Å². The fourth-order valence-corrected chi connectivity index (χ4v) is 15.3. The molecule has 23 unspecified atom stereocenters. The first kappa shape index (κ1) is 79.1. The van der Waals surface area contributed by atoms with Crippen LogP contribution in [0.3, 0.4) is 0 Å². The van der Waals surface area contributed by atoms with Crippen LogP contribution in [-0.4, -0.2) is 209 Å². The Morgan fingerprint density at radius 1 is 0.359 bits per heavy atom. The normalized spacial score (nSPS) is 34.1. The summed E-state index contributed by atoms with van der Waals surface area (Å²) in [5, 5.41) is 0. The van der Waals surface area contributed by atoms with Crippen LogP contribution in [0.5, 0.6) is 0 Å². The van der Waals surface area contributed by atoms with Crippen LogP contribution in [0, 0.1) is 86.8 Å². The fraction of sp³-hybridized carbons (Fsp3) is 0.789. The summed E-state index contributed by atoms with van der Waals surface area (Å²) in [7, 11) is 2.48. The minimum absolute atomic E-state index is 0.143. The van der Waals surface area contributed by atoms with E-state index < -0.39 is 234 Å². The first-order valence-corrected chi connectivity index (χ1v) is 35.1. The Bertz CT molecular complexity index is 3270. The van der Waals surface area contributed by atoms with Gasteiger partial charge in [-0.15, -0.1) is 0 Å². The number of hydrogen-bond donors (Lipinski definition) is 0. The van der Waals surface area contributed by atoms with Gasteiger partial charge in [-0.25, -0.2) is 19.2 Å². The molecule has 8 aliphatic heterocycles. The van der Waals surface area contributed by atoms with E-state index in [9.17, 15) is 71.9 Å². The molecule has 8 bridgehead atoms. The lowest BCUT2D eigenvalue weighted by Crippen LogP contribution is -2.48. The van der Waals surface area contributed by atoms with E-state index in [0.717, 1.165) is 0 Å². The van der Waals surface area contributed by atoms with Crippen molar-refractivity contribution in [3.05, 3.63) is 0 Å². The van der Waals surface area contributed by atoms with Crippen molar-refractivity contribution in [1.29, 1.82) is 0 Å². The van der Waals surface area contributed by atoms with Gasteiger partial charge < -0.3 is 80.5 Å². The average molecular weight is 1460 g/mol. The number of hydrogen-bond acceptors (Lipinski definition) is 32. The van der Waals surface area contributed by atoms with E-state index in [1.807, 2.05) is 27.7 Å². The summed E-state index contributed by atoms with van der Waals surface area (Å²) in [5.74, 6) is -13.3. The molecule has 0 aromatic carbocycles. The summed E-state index contributed by atoms with van der Waals surface area (Å²) < 4.78 is 89.2. The maximum atomic E-state index is 12.7. The molecular weight excluding hydrogens is 1360 g/mol. The van der Waals surface area contributed by atoms with Crippen molar-refractivity contribution in [2.24, 2.45) is 86.8 Å². The molecule has 12 rings (SSSR count). The molecule has 0 aromatic heterocycles. The number of carbonyl (C=O) groups excluding carboxylic acids is 15. The van der Waals surface area contributed by atoms with Gasteiger partial charge in [-0.3, -0.25) is 52.7 Å². The molecule has 32 nitrogen and oxygen atoms in total. The largest absolute Gasteiger partial charge is 0.469 e. The van der Waals surface area contributed by atoms with Crippen molar-refractivity contribution in [3.8, 4) is 0 Å². The molecule has 0 amide bonds. The minimum Gasteiger partial charge on any atom is -0.469 e. The van der Waals surface area contributed by atoms with Crippen LogP contribution in [0.15, 0.2) is 0 Å². The number of carbonyl (C=O) groups is 15. The fourth-order valence-electron chi connectivity index (χ4n) is 15.3. The molecule has 0 spiro atoms. The van der Waals surface area contributed by atoms with E-state index >= 15 is 0 Å². The highest BCUT2D eigenvalue weighted by molar-refractivity contribution is 5.90. The molecule has 12 aliphatic rings. The molecule has 4 saturated carbocycles. The molecule has 12 fully saturated rings. The van der Waals surface area contributed by atoms with Gasteiger partial charge >= 0.3 is 89.5 Å². The van der Waals surface area contributed by atoms with Crippen molar-refractivity contribution in [1.82, 2.24) is 0 Å². The molecule has 8 saturated heterocycles. The Labute approximate surface area is 595 Å². The van der Waals surface area contributed by atoms with E-state index in [1.165, 1.54) is 14.2 Å². The average Bonchev–Trinajstić information content (AvgIpc) is 1.57. The summed E-state index contributed by atoms with van der Waals surface area (Å²) in [6, 6.07) is 0. The Kier molecular flexibility index (Phi) is 23.2. The predicted octanol–water partition coefficient (Wildman–Crippen LogP) is 3.46. The van der Waals surface area contributed by atoms with Crippen LogP contribution in [0.4, 0.5) is 0 Å². The second-order valence-electron chi connectivity index (χ2n) is 31.6. The zero-order valence-electron chi connectivity index (χ0n) is 61.1. The van der Waals surface area contributed by atoms with Crippen molar-refractivity contribution >= 4 is 89.5 Å². The third-order valence-electron chi connectivity index (χ3n) is 22.5. The molecular formula is C71H96O32. The zero-order chi connectivity index (χ0) is 76.2. The van der Waals surface area contributed by atoms with Gasteiger partial charge in [-0.05, 0) is 121 Å². The van der Waals surface area contributed by atoms with Gasteiger partial charge in [0.05, 0.1) is 71.6 Å². The third kappa shape index (κ3) is 15.7. The van der Waals surface area contributed by atoms with Gasteiger partial charge in [0.1, 0.15) is 60.2 Å². The summed E-state index contributed by atoms with van der Waals surface area (Å²) >= 11 is 0.